The highest BCUT2D eigenvalue weighted by Gasteiger charge is 2.51. The van der Waals surface area contributed by atoms with Crippen LogP contribution in [0.1, 0.15) is 258 Å². The van der Waals surface area contributed by atoms with Gasteiger partial charge < -0.3 is 65.1 Å². The van der Waals surface area contributed by atoms with E-state index in [0.29, 0.717) is 6.42 Å². The fourth-order valence-corrected chi connectivity index (χ4v) is 10.1. The molecule has 1 amide bonds. The van der Waals surface area contributed by atoms with Crippen molar-refractivity contribution in [2.45, 2.75) is 331 Å². The number of hydrogen-bond donors (Lipinski definition) is 9. The Labute approximate surface area is 437 Å². The highest BCUT2D eigenvalue weighted by Crippen LogP contribution is 2.30. The molecule has 2 rings (SSSR count). The summed E-state index contributed by atoms with van der Waals surface area (Å²) in [5, 5.41) is 86.6. The third-order valence-corrected chi connectivity index (χ3v) is 15.0. The highest BCUT2D eigenvalue weighted by molar-refractivity contribution is 5.76. The molecule has 0 radical (unpaired) electrons. The molecule has 2 heterocycles. The topological polar surface area (TPSA) is 228 Å². The van der Waals surface area contributed by atoms with E-state index in [2.05, 4.69) is 19.2 Å². The number of carbonyl (C=O) groups excluding carboxylic acids is 1. The largest absolute Gasteiger partial charge is 0.394 e. The first kappa shape index (κ1) is 66.8. The van der Waals surface area contributed by atoms with E-state index in [1.807, 2.05) is 6.08 Å². The summed E-state index contributed by atoms with van der Waals surface area (Å²) in [4.78, 5) is 13.0. The van der Waals surface area contributed by atoms with Crippen LogP contribution < -0.4 is 5.32 Å². The van der Waals surface area contributed by atoms with Crippen LogP contribution in [0.4, 0.5) is 0 Å². The summed E-state index contributed by atoms with van der Waals surface area (Å²) in [6.45, 7) is 2.74. The maximum absolute atomic E-state index is 13.0. The van der Waals surface area contributed by atoms with Gasteiger partial charge in [0.1, 0.15) is 48.8 Å². The summed E-state index contributed by atoms with van der Waals surface area (Å²) < 4.78 is 22.7. The third kappa shape index (κ3) is 30.5. The first-order chi connectivity index (χ1) is 35.1. The molecule has 14 nitrogen and oxygen atoms in total. The fraction of sp³-hybridized carbons (Fsp3) is 0.948. The monoisotopic (exact) mass is 1030 g/mol. The van der Waals surface area contributed by atoms with Crippen molar-refractivity contribution in [1.29, 1.82) is 0 Å². The van der Waals surface area contributed by atoms with Gasteiger partial charge in [-0.1, -0.05) is 244 Å². The number of hydrogen-bond acceptors (Lipinski definition) is 13. The number of nitrogens with one attached hydrogen (secondary N) is 1. The van der Waals surface area contributed by atoms with Crippen molar-refractivity contribution in [1.82, 2.24) is 5.32 Å². The number of unbranched alkanes of at least 4 members (excludes halogenated alkanes) is 35. The van der Waals surface area contributed by atoms with Gasteiger partial charge in [0.05, 0.1) is 32.0 Å². The van der Waals surface area contributed by atoms with Gasteiger partial charge in [0.2, 0.25) is 5.91 Å². The van der Waals surface area contributed by atoms with Gasteiger partial charge in [-0.05, 0) is 19.3 Å². The Bertz CT molecular complexity index is 1260. The van der Waals surface area contributed by atoms with Gasteiger partial charge >= 0.3 is 0 Å². The smallest absolute Gasteiger partial charge is 0.220 e. The summed E-state index contributed by atoms with van der Waals surface area (Å²) in [6, 6.07) is -0.907. The molecule has 72 heavy (non-hydrogen) atoms. The Morgan fingerprint density at radius 3 is 1.28 bits per heavy atom. The maximum Gasteiger partial charge on any atom is 0.220 e. The van der Waals surface area contributed by atoms with Crippen LogP contribution in [0.25, 0.3) is 0 Å². The maximum atomic E-state index is 13.0. The van der Waals surface area contributed by atoms with Crippen molar-refractivity contribution in [3.63, 3.8) is 0 Å². The number of allylic oxidation sites excluding steroid dienone is 1. The van der Waals surface area contributed by atoms with E-state index in [1.165, 1.54) is 180 Å². The zero-order valence-electron chi connectivity index (χ0n) is 45.7. The van der Waals surface area contributed by atoms with Crippen LogP contribution in [0.3, 0.4) is 0 Å². The second kappa shape index (κ2) is 44.8. The molecule has 0 spiro atoms. The lowest BCUT2D eigenvalue weighted by atomic mass is 9.97. The Balaban J connectivity index is 1.58. The molecule has 2 fully saturated rings. The van der Waals surface area contributed by atoms with E-state index in [4.69, 9.17) is 18.9 Å². The predicted octanol–water partition coefficient (Wildman–Crippen LogP) is 9.89. The Hall–Kier alpha value is -1.27. The summed E-state index contributed by atoms with van der Waals surface area (Å²) >= 11 is 0. The molecule has 12 unspecified atom stereocenters. The minimum atomic E-state index is -1.78. The SMILES string of the molecule is CCCCCCCCCCCCCCCCCCCCCCCCCCCCCCCC/C=C/C(O)C(COC1OC(CO)C(OC2OC(CO)C(O)C(O)C2O)C(O)C1O)NC(=O)CCCCCCCC. The molecule has 0 bridgehead atoms. The molecule has 2 aliphatic heterocycles. The first-order valence-corrected chi connectivity index (χ1v) is 29.9. The highest BCUT2D eigenvalue weighted by atomic mass is 16.7. The number of ether oxygens (including phenoxy) is 4. The van der Waals surface area contributed by atoms with Gasteiger partial charge in [-0.3, -0.25) is 4.79 Å². The van der Waals surface area contributed by atoms with E-state index in [0.717, 1.165) is 51.4 Å². The lowest BCUT2D eigenvalue weighted by Crippen LogP contribution is -2.65. The molecule has 0 aromatic rings. The summed E-state index contributed by atoms with van der Waals surface area (Å²) in [6.07, 6.45) is 34.8. The fourth-order valence-electron chi connectivity index (χ4n) is 10.1. The Morgan fingerprint density at radius 1 is 0.486 bits per heavy atom. The number of rotatable bonds is 48. The zero-order chi connectivity index (χ0) is 52.4. The molecule has 2 saturated heterocycles. The average molecular weight is 1030 g/mol. The van der Waals surface area contributed by atoms with Gasteiger partial charge in [0, 0.05) is 6.42 Å². The molecule has 0 aromatic heterocycles. The van der Waals surface area contributed by atoms with Crippen LogP contribution in [-0.2, 0) is 23.7 Å². The molecule has 0 saturated carbocycles. The van der Waals surface area contributed by atoms with E-state index >= 15 is 0 Å². The molecule has 12 atom stereocenters. The van der Waals surface area contributed by atoms with Crippen LogP contribution in [-0.4, -0.2) is 140 Å². The average Bonchev–Trinajstić information content (AvgIpc) is 3.38. The molecular weight excluding hydrogens is 919 g/mol. The van der Waals surface area contributed by atoms with E-state index < -0.39 is 86.8 Å². The van der Waals surface area contributed by atoms with Crippen LogP contribution in [0.15, 0.2) is 12.2 Å². The molecule has 0 aliphatic carbocycles. The van der Waals surface area contributed by atoms with Crippen LogP contribution in [0.5, 0.6) is 0 Å². The second-order valence-electron chi connectivity index (χ2n) is 21.5. The first-order valence-electron chi connectivity index (χ1n) is 29.9. The van der Waals surface area contributed by atoms with E-state index in [9.17, 15) is 45.6 Å². The van der Waals surface area contributed by atoms with Crippen molar-refractivity contribution in [2.24, 2.45) is 0 Å². The van der Waals surface area contributed by atoms with Crippen LogP contribution in [0.2, 0.25) is 0 Å². The van der Waals surface area contributed by atoms with Crippen LogP contribution >= 0.6 is 0 Å². The molecule has 9 N–H and O–H groups in total. The summed E-state index contributed by atoms with van der Waals surface area (Å²) in [5.41, 5.74) is 0. The lowest BCUT2D eigenvalue weighted by molar-refractivity contribution is -0.359. The summed E-state index contributed by atoms with van der Waals surface area (Å²) in [5.74, 6) is -0.246. The van der Waals surface area contributed by atoms with Gasteiger partial charge in [-0.2, -0.15) is 0 Å². The van der Waals surface area contributed by atoms with Crippen molar-refractivity contribution in [2.75, 3.05) is 19.8 Å². The third-order valence-electron chi connectivity index (χ3n) is 15.0. The molecular formula is C58H111NO13. The van der Waals surface area contributed by atoms with Crippen molar-refractivity contribution >= 4 is 5.91 Å². The molecule has 14 heteroatoms. The number of aliphatic hydroxyl groups excluding tert-OH is 8. The van der Waals surface area contributed by atoms with Gasteiger partial charge in [-0.15, -0.1) is 0 Å². The minimum Gasteiger partial charge on any atom is -0.394 e. The molecule has 0 aromatic carbocycles. The number of carbonyl (C=O) groups is 1. The predicted molar refractivity (Wildman–Crippen MR) is 286 cm³/mol. The minimum absolute atomic E-state index is 0.246. The van der Waals surface area contributed by atoms with Gasteiger partial charge in [-0.25, -0.2) is 0 Å². The van der Waals surface area contributed by atoms with Gasteiger partial charge in [0.15, 0.2) is 12.6 Å². The van der Waals surface area contributed by atoms with Crippen molar-refractivity contribution in [3.8, 4) is 0 Å². The van der Waals surface area contributed by atoms with E-state index in [-0.39, 0.29) is 18.9 Å². The Kier molecular flexibility index (Phi) is 41.6. The lowest BCUT2D eigenvalue weighted by Gasteiger charge is -2.46. The van der Waals surface area contributed by atoms with Crippen molar-refractivity contribution < 1.29 is 64.6 Å². The zero-order valence-corrected chi connectivity index (χ0v) is 45.7. The molecule has 2 aliphatic rings. The van der Waals surface area contributed by atoms with E-state index in [1.54, 1.807) is 6.08 Å². The quantitative estimate of drug-likeness (QED) is 0.0205. The number of aliphatic hydroxyl groups is 8. The number of amides is 1. The summed E-state index contributed by atoms with van der Waals surface area (Å²) in [7, 11) is 0. The van der Waals surface area contributed by atoms with Crippen molar-refractivity contribution in [3.05, 3.63) is 12.2 Å². The Morgan fingerprint density at radius 2 is 0.861 bits per heavy atom. The van der Waals surface area contributed by atoms with Crippen LogP contribution in [0, 0.1) is 0 Å². The standard InChI is InChI=1S/C58H111NO13/c1-3-5-7-9-11-12-13-14-15-16-17-18-19-20-21-22-23-24-25-26-27-28-29-30-31-32-33-34-35-36-37-39-41-47(62)46(59-50(63)42-40-38-10-8-6-4-2)45-69-57-55(68)53(66)56(49(44-61)71-57)72-58-54(67)52(65)51(64)48(43-60)70-58/h39,41,46-49,51-58,60-62,64-68H,3-38,40,42-45H2,1-2H3,(H,59,63)/b41-39+. The second-order valence-corrected chi connectivity index (χ2v) is 21.5. The van der Waals surface area contributed by atoms with Gasteiger partial charge in [0.25, 0.3) is 0 Å². The normalized spacial score (nSPS) is 25.6. The molecule has 426 valence electrons.